The van der Waals surface area contributed by atoms with E-state index in [1.54, 1.807) is 0 Å². The van der Waals surface area contributed by atoms with Gasteiger partial charge in [0.05, 0.1) is 12.3 Å². The number of carbonyl (C=O) groups is 1. The van der Waals surface area contributed by atoms with Crippen molar-refractivity contribution in [1.82, 2.24) is 4.98 Å². The van der Waals surface area contributed by atoms with E-state index in [9.17, 15) is 4.79 Å². The van der Waals surface area contributed by atoms with Gasteiger partial charge in [-0.1, -0.05) is 6.92 Å². The third-order valence-corrected chi connectivity index (χ3v) is 3.40. The molecule has 2 rings (SSSR count). The lowest BCUT2D eigenvalue weighted by molar-refractivity contribution is -0.131. The fourth-order valence-electron chi connectivity index (χ4n) is 1.57. The molecule has 5 heteroatoms. The number of benzene rings is 1. The van der Waals surface area contributed by atoms with Crippen molar-refractivity contribution in [3.8, 4) is 16.3 Å². The van der Waals surface area contributed by atoms with Crippen LogP contribution >= 0.6 is 11.3 Å². The first-order chi connectivity index (χ1) is 9.69. The molecule has 0 saturated heterocycles. The zero-order chi connectivity index (χ0) is 14.4. The monoisotopic (exact) mass is 289 g/mol. The number of carboxylic acid groups (broad SMARTS) is 1. The third kappa shape index (κ3) is 3.93. The standard InChI is InChI=1S/C15H15NO3S/c1-2-9-19-13-6-3-11(4-7-13)15-16-12(10-20-15)5-8-14(17)18/h3-8,10H,2,9H2,1H3,(H,17,18)/b8-5+. The van der Waals surface area contributed by atoms with Gasteiger partial charge >= 0.3 is 5.97 Å². The number of carboxylic acids is 1. The van der Waals surface area contributed by atoms with E-state index in [4.69, 9.17) is 9.84 Å². The Bertz CT molecular complexity index is 602. The molecule has 1 N–H and O–H groups in total. The van der Waals surface area contributed by atoms with E-state index in [1.165, 1.54) is 17.4 Å². The second-order valence-electron chi connectivity index (χ2n) is 4.12. The molecular weight excluding hydrogens is 274 g/mol. The molecule has 104 valence electrons. The summed E-state index contributed by atoms with van der Waals surface area (Å²) in [5, 5.41) is 11.3. The summed E-state index contributed by atoms with van der Waals surface area (Å²) in [6, 6.07) is 7.74. The van der Waals surface area contributed by atoms with Crippen molar-refractivity contribution in [3.05, 3.63) is 41.4 Å². The Balaban J connectivity index is 2.09. The van der Waals surface area contributed by atoms with Crippen LogP contribution in [0.3, 0.4) is 0 Å². The lowest BCUT2D eigenvalue weighted by Crippen LogP contribution is -1.94. The Kier molecular flexibility index (Phi) is 4.90. The highest BCUT2D eigenvalue weighted by atomic mass is 32.1. The first-order valence-corrected chi connectivity index (χ1v) is 7.17. The number of ether oxygens (including phenoxy) is 1. The maximum Gasteiger partial charge on any atom is 0.328 e. The molecule has 0 saturated carbocycles. The number of aromatic nitrogens is 1. The first-order valence-electron chi connectivity index (χ1n) is 6.29. The molecule has 0 aliphatic carbocycles. The van der Waals surface area contributed by atoms with Gasteiger partial charge in [0.1, 0.15) is 10.8 Å². The summed E-state index contributed by atoms with van der Waals surface area (Å²) in [5.74, 6) is -0.130. The molecule has 0 atom stereocenters. The Labute approximate surface area is 121 Å². The quantitative estimate of drug-likeness (QED) is 0.824. The molecule has 0 fully saturated rings. The molecule has 0 spiro atoms. The lowest BCUT2D eigenvalue weighted by atomic mass is 10.2. The van der Waals surface area contributed by atoms with Gasteiger partial charge in [-0.05, 0) is 36.8 Å². The van der Waals surface area contributed by atoms with E-state index in [2.05, 4.69) is 11.9 Å². The highest BCUT2D eigenvalue weighted by Crippen LogP contribution is 2.26. The van der Waals surface area contributed by atoms with Gasteiger partial charge < -0.3 is 9.84 Å². The Morgan fingerprint density at radius 2 is 2.15 bits per heavy atom. The van der Waals surface area contributed by atoms with E-state index < -0.39 is 5.97 Å². The summed E-state index contributed by atoms with van der Waals surface area (Å²) < 4.78 is 5.52. The normalized spacial score (nSPS) is 10.8. The molecule has 1 heterocycles. The van der Waals surface area contributed by atoms with Crippen LogP contribution in [0.1, 0.15) is 19.0 Å². The SMILES string of the molecule is CCCOc1ccc(-c2nc(/C=C/C(=O)O)cs2)cc1. The summed E-state index contributed by atoms with van der Waals surface area (Å²) in [7, 11) is 0. The maximum atomic E-state index is 10.4. The summed E-state index contributed by atoms with van der Waals surface area (Å²) in [6.45, 7) is 2.77. The van der Waals surface area contributed by atoms with E-state index in [0.717, 1.165) is 28.8 Å². The minimum Gasteiger partial charge on any atom is -0.494 e. The Morgan fingerprint density at radius 1 is 1.40 bits per heavy atom. The van der Waals surface area contributed by atoms with Crippen molar-refractivity contribution < 1.29 is 14.6 Å². The zero-order valence-electron chi connectivity index (χ0n) is 11.1. The van der Waals surface area contributed by atoms with Crippen molar-refractivity contribution in [1.29, 1.82) is 0 Å². The molecule has 0 amide bonds. The van der Waals surface area contributed by atoms with Crippen molar-refractivity contribution in [2.45, 2.75) is 13.3 Å². The van der Waals surface area contributed by atoms with Crippen LogP contribution in [-0.4, -0.2) is 22.7 Å². The van der Waals surface area contributed by atoms with Crippen molar-refractivity contribution >= 4 is 23.4 Å². The number of hydrogen-bond acceptors (Lipinski definition) is 4. The minimum atomic E-state index is -0.975. The van der Waals surface area contributed by atoms with Gasteiger partial charge in [-0.25, -0.2) is 9.78 Å². The summed E-state index contributed by atoms with van der Waals surface area (Å²) >= 11 is 1.48. The first kappa shape index (κ1) is 14.3. The van der Waals surface area contributed by atoms with E-state index in [0.29, 0.717) is 12.3 Å². The number of nitrogens with zero attached hydrogens (tertiary/aromatic N) is 1. The number of aliphatic carboxylic acids is 1. The third-order valence-electron chi connectivity index (χ3n) is 2.49. The predicted molar refractivity (Wildman–Crippen MR) is 80.0 cm³/mol. The molecule has 0 radical (unpaired) electrons. The molecule has 0 aliphatic heterocycles. The summed E-state index contributed by atoms with van der Waals surface area (Å²) in [4.78, 5) is 14.8. The second kappa shape index (κ2) is 6.86. The zero-order valence-corrected chi connectivity index (χ0v) is 11.9. The molecule has 2 aromatic rings. The summed E-state index contributed by atoms with van der Waals surface area (Å²) in [6.07, 6.45) is 3.55. The average Bonchev–Trinajstić information content (AvgIpc) is 2.92. The largest absolute Gasteiger partial charge is 0.494 e. The fourth-order valence-corrected chi connectivity index (χ4v) is 2.36. The summed E-state index contributed by atoms with van der Waals surface area (Å²) in [5.41, 5.74) is 1.65. The highest BCUT2D eigenvalue weighted by molar-refractivity contribution is 7.13. The smallest absolute Gasteiger partial charge is 0.328 e. The van der Waals surface area contributed by atoms with Gasteiger partial charge in [0.2, 0.25) is 0 Å². The van der Waals surface area contributed by atoms with Crippen LogP contribution in [0.15, 0.2) is 35.7 Å². The minimum absolute atomic E-state index is 0.652. The van der Waals surface area contributed by atoms with Crippen molar-refractivity contribution in [2.24, 2.45) is 0 Å². The van der Waals surface area contributed by atoms with Crippen molar-refractivity contribution in [2.75, 3.05) is 6.61 Å². The second-order valence-corrected chi connectivity index (χ2v) is 4.98. The molecular formula is C15H15NO3S. The van der Waals surface area contributed by atoms with Gasteiger partial charge in [-0.2, -0.15) is 0 Å². The highest BCUT2D eigenvalue weighted by Gasteiger charge is 2.04. The van der Waals surface area contributed by atoms with Crippen LogP contribution in [-0.2, 0) is 4.79 Å². The van der Waals surface area contributed by atoms with Crippen LogP contribution in [0.5, 0.6) is 5.75 Å². The fraction of sp³-hybridized carbons (Fsp3) is 0.200. The maximum absolute atomic E-state index is 10.4. The van der Waals surface area contributed by atoms with Crippen LogP contribution in [0.2, 0.25) is 0 Å². The van der Waals surface area contributed by atoms with E-state index in [-0.39, 0.29) is 0 Å². The Morgan fingerprint density at radius 3 is 2.80 bits per heavy atom. The topological polar surface area (TPSA) is 59.4 Å². The van der Waals surface area contributed by atoms with E-state index in [1.807, 2.05) is 29.6 Å². The molecule has 20 heavy (non-hydrogen) atoms. The predicted octanol–water partition coefficient (Wildman–Crippen LogP) is 3.70. The molecule has 1 aromatic carbocycles. The van der Waals surface area contributed by atoms with Gasteiger partial charge in [0.15, 0.2) is 0 Å². The molecule has 0 bridgehead atoms. The number of rotatable bonds is 6. The van der Waals surface area contributed by atoms with Gasteiger partial charge in [0.25, 0.3) is 0 Å². The number of thiazole rings is 1. The molecule has 0 unspecified atom stereocenters. The van der Waals surface area contributed by atoms with Crippen molar-refractivity contribution in [3.63, 3.8) is 0 Å². The van der Waals surface area contributed by atoms with Gasteiger partial charge in [0, 0.05) is 17.0 Å². The Hall–Kier alpha value is -2.14. The van der Waals surface area contributed by atoms with E-state index >= 15 is 0 Å². The molecule has 1 aromatic heterocycles. The molecule has 0 aliphatic rings. The average molecular weight is 289 g/mol. The lowest BCUT2D eigenvalue weighted by Gasteiger charge is -2.04. The van der Waals surface area contributed by atoms with Crippen LogP contribution in [0.25, 0.3) is 16.6 Å². The number of hydrogen-bond donors (Lipinski definition) is 1. The van der Waals surface area contributed by atoms with Gasteiger partial charge in [-0.3, -0.25) is 0 Å². The van der Waals surface area contributed by atoms with Crippen LogP contribution in [0, 0.1) is 0 Å². The molecule has 4 nitrogen and oxygen atoms in total. The van der Waals surface area contributed by atoms with Crippen LogP contribution in [0.4, 0.5) is 0 Å². The van der Waals surface area contributed by atoms with Crippen LogP contribution < -0.4 is 4.74 Å². The van der Waals surface area contributed by atoms with Gasteiger partial charge in [-0.15, -0.1) is 11.3 Å².